The van der Waals surface area contributed by atoms with Gasteiger partial charge < -0.3 is 14.5 Å². The molecule has 4 fully saturated rings. The van der Waals surface area contributed by atoms with Crippen LogP contribution in [0.1, 0.15) is 36.9 Å². The van der Waals surface area contributed by atoms with Gasteiger partial charge in [0.2, 0.25) is 11.8 Å². The van der Waals surface area contributed by atoms with Gasteiger partial charge in [-0.1, -0.05) is 40.2 Å². The van der Waals surface area contributed by atoms with Crippen LogP contribution in [0.4, 0.5) is 11.5 Å². The minimum absolute atomic E-state index is 0.0931. The zero-order chi connectivity index (χ0) is 27.7. The summed E-state index contributed by atoms with van der Waals surface area (Å²) in [6.07, 6.45) is 5.50. The van der Waals surface area contributed by atoms with Crippen molar-refractivity contribution in [3.05, 3.63) is 52.1 Å². The Hall–Kier alpha value is -3.24. The molecule has 212 valence electrons. The third-order valence-corrected chi connectivity index (χ3v) is 10.7. The minimum Gasteiger partial charge on any atom is -0.461 e. The number of nitrogens with one attached hydrogen (secondary N) is 1. The van der Waals surface area contributed by atoms with Crippen molar-refractivity contribution in [2.75, 3.05) is 49.1 Å². The van der Waals surface area contributed by atoms with E-state index in [2.05, 4.69) is 72.3 Å². The van der Waals surface area contributed by atoms with E-state index in [9.17, 15) is 9.59 Å². The van der Waals surface area contributed by atoms with Gasteiger partial charge in [-0.3, -0.25) is 19.8 Å². The van der Waals surface area contributed by atoms with Crippen LogP contribution in [0.25, 0.3) is 10.8 Å². The summed E-state index contributed by atoms with van der Waals surface area (Å²) < 4.78 is 7.54. The van der Waals surface area contributed by atoms with E-state index < -0.39 is 0 Å². The molecule has 6 heterocycles. The fourth-order valence-corrected chi connectivity index (χ4v) is 8.52. The summed E-state index contributed by atoms with van der Waals surface area (Å²) in [6, 6.07) is 13.1. The van der Waals surface area contributed by atoms with Gasteiger partial charge in [-0.2, -0.15) is 9.97 Å². The lowest BCUT2D eigenvalue weighted by molar-refractivity contribution is -0.126. The van der Waals surface area contributed by atoms with Crippen LogP contribution >= 0.6 is 15.9 Å². The van der Waals surface area contributed by atoms with E-state index in [-0.39, 0.29) is 29.2 Å². The maximum atomic E-state index is 12.5. The largest absolute Gasteiger partial charge is 0.461 e. The van der Waals surface area contributed by atoms with Gasteiger partial charge in [0, 0.05) is 40.7 Å². The number of carbonyl (C=O) groups is 2. The van der Waals surface area contributed by atoms with Crippen LogP contribution in [0.2, 0.25) is 0 Å². The van der Waals surface area contributed by atoms with Crippen molar-refractivity contribution in [3.63, 3.8) is 0 Å². The second-order valence-electron chi connectivity index (χ2n) is 12.2. The van der Waals surface area contributed by atoms with Crippen molar-refractivity contribution >= 4 is 50.0 Å². The number of imide groups is 1. The zero-order valence-electron chi connectivity index (χ0n) is 22.9. The summed E-state index contributed by atoms with van der Waals surface area (Å²) in [5, 5.41) is 4.89. The van der Waals surface area contributed by atoms with Crippen LogP contribution in [0, 0.1) is 11.8 Å². The fourth-order valence-electron chi connectivity index (χ4n) is 7.93. The average Bonchev–Trinajstić information content (AvgIpc) is 3.74. The van der Waals surface area contributed by atoms with Crippen molar-refractivity contribution in [1.82, 2.24) is 20.2 Å². The van der Waals surface area contributed by atoms with Gasteiger partial charge in [0.05, 0.1) is 29.6 Å². The lowest BCUT2D eigenvalue weighted by atomic mass is 9.95. The number of anilines is 2. The number of carbonyl (C=O) groups excluding carboxylic acids is 2. The zero-order valence-corrected chi connectivity index (χ0v) is 24.5. The second kappa shape index (κ2) is 9.66. The van der Waals surface area contributed by atoms with Gasteiger partial charge in [-0.15, -0.1) is 0 Å². The van der Waals surface area contributed by atoms with Gasteiger partial charge in [0.1, 0.15) is 12.4 Å². The van der Waals surface area contributed by atoms with E-state index in [0.29, 0.717) is 32.3 Å². The quantitative estimate of drug-likeness (QED) is 0.434. The van der Waals surface area contributed by atoms with Crippen molar-refractivity contribution in [2.45, 2.75) is 44.2 Å². The molecule has 9 nitrogen and oxygen atoms in total. The number of halogens is 1. The molecule has 0 spiro atoms. The number of ether oxygens (including phenoxy) is 1. The Morgan fingerprint density at radius 3 is 2.44 bits per heavy atom. The van der Waals surface area contributed by atoms with E-state index in [0.717, 1.165) is 60.4 Å². The molecule has 1 aromatic heterocycles. The molecule has 41 heavy (non-hydrogen) atoms. The first-order chi connectivity index (χ1) is 20.0. The van der Waals surface area contributed by atoms with Crippen LogP contribution in [0.3, 0.4) is 0 Å². The summed E-state index contributed by atoms with van der Waals surface area (Å²) in [5.74, 6) is -0.163. The average molecular weight is 618 g/mol. The number of nitrogens with zero attached hydrogens (tertiary/aromatic N) is 5. The summed E-state index contributed by atoms with van der Waals surface area (Å²) in [6.45, 7) is 5.31. The van der Waals surface area contributed by atoms with E-state index in [1.54, 1.807) is 0 Å². The summed E-state index contributed by atoms with van der Waals surface area (Å²) >= 11 is 3.78. The molecule has 4 saturated heterocycles. The van der Waals surface area contributed by atoms with Gasteiger partial charge in [-0.25, -0.2) is 0 Å². The Morgan fingerprint density at radius 2 is 1.68 bits per heavy atom. The molecular formula is C31H33BrN6O3. The highest BCUT2D eigenvalue weighted by Gasteiger charge is 2.49. The third-order valence-electron chi connectivity index (χ3n) is 10.0. The van der Waals surface area contributed by atoms with Crippen LogP contribution in [-0.4, -0.2) is 71.6 Å². The topological polar surface area (TPSA) is 90.9 Å². The van der Waals surface area contributed by atoms with Crippen LogP contribution in [-0.2, 0) is 22.6 Å². The van der Waals surface area contributed by atoms with Crippen molar-refractivity contribution in [1.29, 1.82) is 0 Å². The molecule has 0 bridgehead atoms. The third kappa shape index (κ3) is 4.13. The number of rotatable bonds is 5. The monoisotopic (exact) mass is 616 g/mol. The maximum absolute atomic E-state index is 12.5. The van der Waals surface area contributed by atoms with Crippen LogP contribution < -0.4 is 19.9 Å². The lowest BCUT2D eigenvalue weighted by Crippen LogP contribution is -2.43. The van der Waals surface area contributed by atoms with E-state index in [1.165, 1.54) is 29.3 Å². The first kappa shape index (κ1) is 25.5. The summed E-state index contributed by atoms with van der Waals surface area (Å²) in [5.41, 5.74) is 3.32. The van der Waals surface area contributed by atoms with E-state index >= 15 is 0 Å². The lowest BCUT2D eigenvalue weighted by Gasteiger charge is -2.34. The molecule has 8 rings (SSSR count). The molecular weight excluding hydrogens is 584 g/mol. The van der Waals surface area contributed by atoms with Gasteiger partial charge >= 0.3 is 6.01 Å². The Kier molecular flexibility index (Phi) is 6.00. The molecule has 2 atom stereocenters. The van der Waals surface area contributed by atoms with E-state index in [1.807, 2.05) is 0 Å². The molecule has 0 radical (unpaired) electrons. The number of fused-ring (bicyclic) bond motifs is 4. The maximum Gasteiger partial charge on any atom is 0.318 e. The molecule has 2 amide bonds. The molecule has 3 aromatic rings. The highest BCUT2D eigenvalue weighted by Crippen LogP contribution is 2.41. The predicted octanol–water partition coefficient (Wildman–Crippen LogP) is 3.67. The first-order valence-corrected chi connectivity index (χ1v) is 15.6. The highest BCUT2D eigenvalue weighted by molar-refractivity contribution is 9.10. The number of benzene rings is 2. The molecule has 1 N–H and O–H groups in total. The summed E-state index contributed by atoms with van der Waals surface area (Å²) in [7, 11) is 0. The van der Waals surface area contributed by atoms with Crippen molar-refractivity contribution in [3.8, 4) is 6.01 Å². The Bertz CT molecular complexity index is 1540. The standard InChI is InChI=1S/C31H33BrN6O3/c32-23-7-1-5-19-6-2-8-25(26(19)23)36-14-9-20-24(17-36)33-30(41-18-31-10-3-12-38(31)13-4-11-31)34-27(20)37-15-21-22(16-37)29(40)35-28(21)39/h1-2,5-8,21-22H,3-4,9-18H2,(H,35,39,40). The Morgan fingerprint density at radius 1 is 0.951 bits per heavy atom. The SMILES string of the molecule is O=C1NC(=O)C2CN(c3nc(OCC45CCCN4CCC5)nc4c3CCN(c3cccc5cccc(Br)c35)C4)CC12. The number of hydrogen-bond donors (Lipinski definition) is 1. The number of hydrogen-bond acceptors (Lipinski definition) is 8. The highest BCUT2D eigenvalue weighted by atomic mass is 79.9. The van der Waals surface area contributed by atoms with E-state index in [4.69, 9.17) is 14.7 Å². The Labute approximate surface area is 247 Å². The van der Waals surface area contributed by atoms with Crippen LogP contribution in [0.5, 0.6) is 6.01 Å². The normalized spacial score (nSPS) is 25.0. The fraction of sp³-hybridized carbons (Fsp3) is 0.484. The molecule has 2 unspecified atom stereocenters. The summed E-state index contributed by atoms with van der Waals surface area (Å²) in [4.78, 5) is 42.0. The van der Waals surface area contributed by atoms with Gasteiger partial charge in [-0.05, 0) is 62.7 Å². The molecule has 5 aliphatic rings. The number of aromatic nitrogens is 2. The number of amides is 2. The molecule has 2 aromatic carbocycles. The van der Waals surface area contributed by atoms with Crippen LogP contribution in [0.15, 0.2) is 40.9 Å². The predicted molar refractivity (Wildman–Crippen MR) is 159 cm³/mol. The Balaban J connectivity index is 1.15. The second-order valence-corrected chi connectivity index (χ2v) is 13.1. The molecule has 0 aliphatic carbocycles. The van der Waals surface area contributed by atoms with Gasteiger partial charge in [0.25, 0.3) is 0 Å². The smallest absolute Gasteiger partial charge is 0.318 e. The molecule has 0 saturated carbocycles. The van der Waals surface area contributed by atoms with Crippen molar-refractivity contribution in [2.24, 2.45) is 11.8 Å². The van der Waals surface area contributed by atoms with Crippen molar-refractivity contribution < 1.29 is 14.3 Å². The van der Waals surface area contributed by atoms with Gasteiger partial charge in [0.15, 0.2) is 0 Å². The minimum atomic E-state index is -0.324. The molecule has 5 aliphatic heterocycles. The first-order valence-electron chi connectivity index (χ1n) is 14.8. The molecule has 10 heteroatoms.